The number of fused-ring (bicyclic) bond motifs is 1. The molecule has 0 saturated carbocycles. The predicted octanol–water partition coefficient (Wildman–Crippen LogP) is 3.37. The summed E-state index contributed by atoms with van der Waals surface area (Å²) >= 11 is 0. The number of benzene rings is 2. The zero-order chi connectivity index (χ0) is 22.8. The summed E-state index contributed by atoms with van der Waals surface area (Å²) in [6, 6.07) is 11.2. The molecule has 1 N–H and O–H groups in total. The number of hydroxylamine groups is 2. The largest absolute Gasteiger partial charge is 0.493 e. The minimum atomic E-state index is -0.558. The second-order valence-corrected chi connectivity index (χ2v) is 6.85. The molecule has 0 fully saturated rings. The van der Waals surface area contributed by atoms with Gasteiger partial charge in [0.05, 0.1) is 25.4 Å². The van der Waals surface area contributed by atoms with Gasteiger partial charge in [0.1, 0.15) is 11.5 Å². The number of nitrogens with zero attached hydrogens (tertiary/aromatic N) is 2. The zero-order valence-corrected chi connectivity index (χ0v) is 17.5. The van der Waals surface area contributed by atoms with Crippen molar-refractivity contribution < 1.29 is 28.6 Å². The number of aliphatic imine (C=N–C) groups is 1. The number of allylic oxidation sites excluding steroid dienone is 1. The Bertz CT molecular complexity index is 1210. The number of amides is 1. The average Bonchev–Trinajstić information content (AvgIpc) is 3.17. The van der Waals surface area contributed by atoms with Crippen molar-refractivity contribution in [1.82, 2.24) is 5.06 Å². The third-order valence-corrected chi connectivity index (χ3v) is 4.70. The number of rotatable bonds is 5. The van der Waals surface area contributed by atoms with Gasteiger partial charge in [-0.25, -0.2) is 4.79 Å². The van der Waals surface area contributed by atoms with Crippen LogP contribution in [0.15, 0.2) is 64.9 Å². The van der Waals surface area contributed by atoms with Crippen LogP contribution in [0.4, 0.5) is 0 Å². The highest BCUT2D eigenvalue weighted by Crippen LogP contribution is 2.28. The van der Waals surface area contributed by atoms with Gasteiger partial charge in [-0.3, -0.25) is 10.2 Å². The summed E-state index contributed by atoms with van der Waals surface area (Å²) in [6.07, 6.45) is 3.12. The monoisotopic (exact) mass is 433 g/mol. The first kappa shape index (κ1) is 20.9. The Balaban J connectivity index is 1.49. The molecule has 0 spiro atoms. The van der Waals surface area contributed by atoms with Crippen LogP contribution < -0.4 is 14.2 Å². The molecule has 2 heterocycles. The van der Waals surface area contributed by atoms with E-state index >= 15 is 0 Å². The van der Waals surface area contributed by atoms with E-state index in [0.717, 1.165) is 0 Å². The number of nitrogens with one attached hydrogen (secondary N) is 1. The molecule has 9 heteroatoms. The molecule has 0 aromatic heterocycles. The molecule has 1 amide bonds. The topological polar surface area (TPSA) is 111 Å². The lowest BCUT2D eigenvalue weighted by molar-refractivity contribution is -0.114. The first-order valence-electron chi connectivity index (χ1n) is 9.54. The Kier molecular flexibility index (Phi) is 5.46. The van der Waals surface area contributed by atoms with E-state index < -0.39 is 11.9 Å². The number of carbonyl (C=O) groups excluding carboxylic acids is 2. The quantitative estimate of drug-likeness (QED) is 0.437. The van der Waals surface area contributed by atoms with Crippen LogP contribution in [0.2, 0.25) is 0 Å². The standard InChI is InChI=1S/C23H19N3O6/c1-13-10-20-25-22(27)17(21(24)26(20)32-13)11-14-4-7-16(8-5-14)31-23(28)15-6-9-18(29-2)19(12-15)30-3/h4-12,24H,1-3H3/b17-11-,24-21?. The van der Waals surface area contributed by atoms with Gasteiger partial charge < -0.3 is 19.0 Å². The second-order valence-electron chi connectivity index (χ2n) is 6.85. The van der Waals surface area contributed by atoms with Crippen LogP contribution in [0.1, 0.15) is 22.8 Å². The maximum absolute atomic E-state index is 12.5. The van der Waals surface area contributed by atoms with Crippen molar-refractivity contribution in [2.24, 2.45) is 4.99 Å². The molecule has 0 unspecified atom stereocenters. The lowest BCUT2D eigenvalue weighted by atomic mass is 10.1. The summed E-state index contributed by atoms with van der Waals surface area (Å²) in [5.41, 5.74) is 1.02. The minimum Gasteiger partial charge on any atom is -0.493 e. The van der Waals surface area contributed by atoms with E-state index in [4.69, 9.17) is 24.5 Å². The van der Waals surface area contributed by atoms with Gasteiger partial charge in [-0.1, -0.05) is 12.1 Å². The zero-order valence-electron chi connectivity index (χ0n) is 17.5. The highest BCUT2D eigenvalue weighted by molar-refractivity contribution is 6.32. The SMILES string of the molecule is COc1ccc(C(=O)Oc2ccc(/C=C3/C(=N)N4OC(C)=CC4=NC3=O)cc2)cc1OC. The third-order valence-electron chi connectivity index (χ3n) is 4.70. The van der Waals surface area contributed by atoms with Crippen LogP contribution in [0.3, 0.4) is 0 Å². The van der Waals surface area contributed by atoms with Gasteiger partial charge in [-0.15, -0.1) is 5.06 Å². The lowest BCUT2D eigenvalue weighted by Crippen LogP contribution is -2.38. The van der Waals surface area contributed by atoms with E-state index in [1.165, 1.54) is 31.4 Å². The van der Waals surface area contributed by atoms with Gasteiger partial charge in [0.15, 0.2) is 23.2 Å². The third kappa shape index (κ3) is 3.95. The number of methoxy groups -OCH3 is 2. The molecule has 0 saturated heterocycles. The summed E-state index contributed by atoms with van der Waals surface area (Å²) in [4.78, 5) is 34.1. The fourth-order valence-electron chi connectivity index (χ4n) is 3.13. The average molecular weight is 433 g/mol. The molecule has 32 heavy (non-hydrogen) atoms. The molecule has 2 aromatic rings. The first-order valence-corrected chi connectivity index (χ1v) is 9.54. The number of esters is 1. The van der Waals surface area contributed by atoms with E-state index in [1.54, 1.807) is 49.4 Å². The number of ether oxygens (including phenoxy) is 3. The molecule has 162 valence electrons. The van der Waals surface area contributed by atoms with Gasteiger partial charge >= 0.3 is 5.97 Å². The van der Waals surface area contributed by atoms with E-state index in [2.05, 4.69) is 4.99 Å². The van der Waals surface area contributed by atoms with Crippen LogP contribution in [0, 0.1) is 5.41 Å². The van der Waals surface area contributed by atoms with Crippen LogP contribution in [0.5, 0.6) is 17.2 Å². The van der Waals surface area contributed by atoms with Crippen LogP contribution in [-0.2, 0) is 9.63 Å². The second kappa shape index (κ2) is 8.38. The Hall–Kier alpha value is -4.40. The number of hydrogen-bond donors (Lipinski definition) is 1. The molecular formula is C23H19N3O6. The van der Waals surface area contributed by atoms with Crippen molar-refractivity contribution in [2.45, 2.75) is 6.92 Å². The molecule has 2 aliphatic rings. The van der Waals surface area contributed by atoms with Gasteiger partial charge in [0.25, 0.3) is 5.91 Å². The fraction of sp³-hybridized carbons (Fsp3) is 0.130. The van der Waals surface area contributed by atoms with Crippen LogP contribution >= 0.6 is 0 Å². The summed E-state index contributed by atoms with van der Waals surface area (Å²) in [5.74, 6) is 0.886. The summed E-state index contributed by atoms with van der Waals surface area (Å²) in [6.45, 7) is 1.71. The molecule has 2 aliphatic heterocycles. The molecule has 9 nitrogen and oxygen atoms in total. The van der Waals surface area contributed by atoms with E-state index in [-0.39, 0.29) is 17.2 Å². The highest BCUT2D eigenvalue weighted by Gasteiger charge is 2.34. The molecular weight excluding hydrogens is 414 g/mol. The molecule has 0 aliphatic carbocycles. The van der Waals surface area contributed by atoms with Crippen molar-refractivity contribution in [3.8, 4) is 17.2 Å². The van der Waals surface area contributed by atoms with Crippen molar-refractivity contribution in [3.63, 3.8) is 0 Å². The van der Waals surface area contributed by atoms with E-state index in [0.29, 0.717) is 34.1 Å². The summed E-state index contributed by atoms with van der Waals surface area (Å²) in [5, 5.41) is 9.44. The Labute approximate surface area is 183 Å². The Morgan fingerprint density at radius 1 is 1.09 bits per heavy atom. The summed E-state index contributed by atoms with van der Waals surface area (Å²) < 4.78 is 15.8. The molecule has 0 bridgehead atoms. The van der Waals surface area contributed by atoms with Crippen molar-refractivity contribution in [3.05, 3.63) is 71.0 Å². The number of hydrogen-bond acceptors (Lipinski definition) is 7. The van der Waals surface area contributed by atoms with Gasteiger partial charge in [-0.05, 0) is 48.9 Å². The highest BCUT2D eigenvalue weighted by atomic mass is 16.7. The van der Waals surface area contributed by atoms with E-state index in [9.17, 15) is 9.59 Å². The maximum Gasteiger partial charge on any atom is 0.343 e. The Morgan fingerprint density at radius 2 is 1.81 bits per heavy atom. The molecule has 4 rings (SSSR count). The summed E-state index contributed by atoms with van der Waals surface area (Å²) in [7, 11) is 2.99. The van der Waals surface area contributed by atoms with Crippen molar-refractivity contribution in [1.29, 1.82) is 5.41 Å². The molecule has 0 atom stereocenters. The molecule has 0 radical (unpaired) electrons. The van der Waals surface area contributed by atoms with Crippen LogP contribution in [-0.4, -0.2) is 42.8 Å². The predicted molar refractivity (Wildman–Crippen MR) is 116 cm³/mol. The smallest absolute Gasteiger partial charge is 0.343 e. The van der Waals surface area contributed by atoms with Gasteiger partial charge in [0.2, 0.25) is 0 Å². The first-order chi connectivity index (χ1) is 15.4. The van der Waals surface area contributed by atoms with Gasteiger partial charge in [-0.2, -0.15) is 4.99 Å². The number of carbonyl (C=O) groups is 2. The normalized spacial score (nSPS) is 16.2. The minimum absolute atomic E-state index is 0.0897. The number of amidine groups is 2. The van der Waals surface area contributed by atoms with Crippen molar-refractivity contribution in [2.75, 3.05) is 14.2 Å². The lowest BCUT2D eigenvalue weighted by Gasteiger charge is -2.22. The fourth-order valence-corrected chi connectivity index (χ4v) is 3.13. The van der Waals surface area contributed by atoms with Gasteiger partial charge in [0, 0.05) is 6.08 Å². The maximum atomic E-state index is 12.5. The van der Waals surface area contributed by atoms with Crippen LogP contribution in [0.25, 0.3) is 6.08 Å². The Morgan fingerprint density at radius 3 is 2.50 bits per heavy atom. The molecule has 2 aromatic carbocycles. The van der Waals surface area contributed by atoms with E-state index in [1.807, 2.05) is 0 Å². The van der Waals surface area contributed by atoms with Crippen molar-refractivity contribution >= 4 is 29.6 Å².